The van der Waals surface area contributed by atoms with Crippen LogP contribution in [-0.4, -0.2) is 5.16 Å². The van der Waals surface area contributed by atoms with Gasteiger partial charge in [0.05, 0.1) is 5.69 Å². The lowest BCUT2D eigenvalue weighted by Crippen LogP contribution is -1.76. The Morgan fingerprint density at radius 2 is 2.08 bits per heavy atom. The number of hydrogen-bond donors (Lipinski definition) is 0. The molecule has 0 aliphatic rings. The molecule has 0 saturated heterocycles. The number of rotatable bonds is 0. The van der Waals surface area contributed by atoms with Crippen molar-refractivity contribution in [3.63, 3.8) is 0 Å². The Bertz CT molecular complexity index is 433. The molecule has 0 atom stereocenters. The van der Waals surface area contributed by atoms with Gasteiger partial charge in [-0.05, 0) is 31.5 Å². The highest BCUT2D eigenvalue weighted by molar-refractivity contribution is 9.10. The first kappa shape index (κ1) is 7.80. The predicted octanol–water partition coefficient (Wildman–Crippen LogP) is 3.21. The molecule has 2 aromatic rings. The van der Waals surface area contributed by atoms with Gasteiger partial charge < -0.3 is 4.52 Å². The van der Waals surface area contributed by atoms with E-state index in [-0.39, 0.29) is 0 Å². The molecule has 1 aromatic carbocycles. The van der Waals surface area contributed by atoms with Gasteiger partial charge in [-0.1, -0.05) is 21.1 Å². The zero-order valence-electron chi connectivity index (χ0n) is 6.89. The number of nitrogens with zero attached hydrogens (tertiary/aromatic N) is 1. The predicted molar refractivity (Wildman–Crippen MR) is 51.2 cm³/mol. The van der Waals surface area contributed by atoms with Gasteiger partial charge in [0, 0.05) is 9.86 Å². The van der Waals surface area contributed by atoms with E-state index in [0.29, 0.717) is 0 Å². The van der Waals surface area contributed by atoms with E-state index in [2.05, 4.69) is 34.1 Å². The van der Waals surface area contributed by atoms with Crippen molar-refractivity contribution in [2.75, 3.05) is 0 Å². The monoisotopic (exact) mass is 225 g/mol. The van der Waals surface area contributed by atoms with Crippen LogP contribution in [0.2, 0.25) is 0 Å². The summed E-state index contributed by atoms with van der Waals surface area (Å²) in [6, 6.07) is 4.02. The van der Waals surface area contributed by atoms with E-state index in [1.165, 1.54) is 5.56 Å². The smallest absolute Gasteiger partial charge is 0.168 e. The maximum Gasteiger partial charge on any atom is 0.168 e. The highest BCUT2D eigenvalue weighted by atomic mass is 79.9. The first-order chi connectivity index (χ1) is 5.68. The third-order valence-electron chi connectivity index (χ3n) is 1.93. The largest absolute Gasteiger partial charge is 0.356 e. The lowest BCUT2D eigenvalue weighted by Gasteiger charge is -1.95. The lowest BCUT2D eigenvalue weighted by atomic mass is 10.1. The number of halogens is 1. The van der Waals surface area contributed by atoms with Gasteiger partial charge in [-0.2, -0.15) is 0 Å². The molecule has 3 heteroatoms. The van der Waals surface area contributed by atoms with Crippen LogP contribution in [0.1, 0.15) is 11.3 Å². The lowest BCUT2D eigenvalue weighted by molar-refractivity contribution is 0.450. The second-order valence-electron chi connectivity index (χ2n) is 2.87. The molecule has 2 rings (SSSR count). The van der Waals surface area contributed by atoms with Gasteiger partial charge in [-0.3, -0.25) is 0 Å². The van der Waals surface area contributed by atoms with Gasteiger partial charge in [-0.15, -0.1) is 0 Å². The van der Waals surface area contributed by atoms with Crippen LogP contribution in [0.25, 0.3) is 11.0 Å². The number of aromatic nitrogens is 1. The van der Waals surface area contributed by atoms with Gasteiger partial charge in [0.2, 0.25) is 0 Å². The first-order valence-corrected chi connectivity index (χ1v) is 4.50. The molecule has 0 unspecified atom stereocenters. The standard InChI is InChI=1S/C9H8BrNO/c1-5-3-7-6(2)11-12-9(7)4-8(5)10/h3-4H,1-2H3. The maximum absolute atomic E-state index is 5.10. The van der Waals surface area contributed by atoms with Crippen LogP contribution in [-0.2, 0) is 0 Å². The highest BCUT2D eigenvalue weighted by Crippen LogP contribution is 2.25. The third-order valence-corrected chi connectivity index (χ3v) is 2.79. The third kappa shape index (κ3) is 1.05. The fourth-order valence-corrected chi connectivity index (χ4v) is 1.51. The van der Waals surface area contributed by atoms with E-state index in [4.69, 9.17) is 4.52 Å². The Morgan fingerprint density at radius 1 is 1.33 bits per heavy atom. The highest BCUT2D eigenvalue weighted by Gasteiger charge is 2.05. The molecule has 0 fully saturated rings. The molecule has 0 aliphatic carbocycles. The summed E-state index contributed by atoms with van der Waals surface area (Å²) < 4.78 is 6.17. The van der Waals surface area contributed by atoms with Gasteiger partial charge in [0.1, 0.15) is 0 Å². The summed E-state index contributed by atoms with van der Waals surface area (Å²) in [5, 5.41) is 4.98. The summed E-state index contributed by atoms with van der Waals surface area (Å²) in [5.74, 6) is 0. The minimum atomic E-state index is 0.838. The van der Waals surface area contributed by atoms with E-state index in [0.717, 1.165) is 21.1 Å². The molecule has 2 nitrogen and oxygen atoms in total. The van der Waals surface area contributed by atoms with E-state index < -0.39 is 0 Å². The van der Waals surface area contributed by atoms with Crippen molar-refractivity contribution in [3.05, 3.63) is 27.9 Å². The van der Waals surface area contributed by atoms with Crippen molar-refractivity contribution in [2.24, 2.45) is 0 Å². The molecule has 0 aliphatic heterocycles. The Balaban J connectivity index is 2.87. The summed E-state index contributed by atoms with van der Waals surface area (Å²) in [7, 11) is 0. The van der Waals surface area contributed by atoms with Crippen molar-refractivity contribution in [1.82, 2.24) is 5.16 Å². The molecule has 0 spiro atoms. The summed E-state index contributed by atoms with van der Waals surface area (Å²) in [6.07, 6.45) is 0. The molecule has 1 aromatic heterocycles. The first-order valence-electron chi connectivity index (χ1n) is 3.70. The van der Waals surface area contributed by atoms with Gasteiger partial charge >= 0.3 is 0 Å². The Kier molecular flexibility index (Phi) is 1.68. The second kappa shape index (κ2) is 2.59. The minimum absolute atomic E-state index is 0.838. The molecule has 1 heterocycles. The average Bonchev–Trinajstić information content (AvgIpc) is 2.35. The van der Waals surface area contributed by atoms with Crippen molar-refractivity contribution >= 4 is 26.9 Å². The van der Waals surface area contributed by atoms with Crippen LogP contribution >= 0.6 is 15.9 Å². The number of aryl methyl sites for hydroxylation is 2. The molecule has 0 bridgehead atoms. The van der Waals surface area contributed by atoms with Crippen LogP contribution in [0.3, 0.4) is 0 Å². The molecule has 62 valence electrons. The zero-order valence-corrected chi connectivity index (χ0v) is 8.47. The molecule has 0 saturated carbocycles. The van der Waals surface area contributed by atoms with Crippen LogP contribution in [0, 0.1) is 13.8 Å². The average molecular weight is 226 g/mol. The Labute approximate surface area is 78.7 Å². The Morgan fingerprint density at radius 3 is 2.83 bits per heavy atom. The second-order valence-corrected chi connectivity index (χ2v) is 3.72. The van der Waals surface area contributed by atoms with E-state index in [9.17, 15) is 0 Å². The van der Waals surface area contributed by atoms with Crippen molar-refractivity contribution in [1.29, 1.82) is 0 Å². The van der Waals surface area contributed by atoms with E-state index in [1.807, 2.05) is 13.0 Å². The maximum atomic E-state index is 5.10. The minimum Gasteiger partial charge on any atom is -0.356 e. The topological polar surface area (TPSA) is 26.0 Å². The fourth-order valence-electron chi connectivity index (χ4n) is 1.19. The molecule has 0 amide bonds. The van der Waals surface area contributed by atoms with Crippen LogP contribution in [0.15, 0.2) is 21.1 Å². The summed E-state index contributed by atoms with van der Waals surface area (Å²) in [4.78, 5) is 0. The summed E-state index contributed by atoms with van der Waals surface area (Å²) >= 11 is 3.44. The Hall–Kier alpha value is -0.830. The quantitative estimate of drug-likeness (QED) is 0.689. The number of hydrogen-bond acceptors (Lipinski definition) is 2. The van der Waals surface area contributed by atoms with Crippen molar-refractivity contribution in [3.8, 4) is 0 Å². The molecule has 0 N–H and O–H groups in total. The van der Waals surface area contributed by atoms with Crippen molar-refractivity contribution < 1.29 is 4.52 Å². The number of fused-ring (bicyclic) bond motifs is 1. The number of benzene rings is 1. The SMILES string of the molecule is Cc1cc2c(C)noc2cc1Br. The van der Waals surface area contributed by atoms with Crippen LogP contribution < -0.4 is 0 Å². The van der Waals surface area contributed by atoms with Gasteiger partial charge in [0.25, 0.3) is 0 Å². The summed E-state index contributed by atoms with van der Waals surface area (Å²) in [5.41, 5.74) is 2.99. The molecule has 12 heavy (non-hydrogen) atoms. The molecule has 0 radical (unpaired) electrons. The van der Waals surface area contributed by atoms with Crippen molar-refractivity contribution in [2.45, 2.75) is 13.8 Å². The fraction of sp³-hybridized carbons (Fsp3) is 0.222. The molecular formula is C9H8BrNO. The molecular weight excluding hydrogens is 218 g/mol. The summed E-state index contributed by atoms with van der Waals surface area (Å²) in [6.45, 7) is 4.00. The van der Waals surface area contributed by atoms with Gasteiger partial charge in [-0.25, -0.2) is 0 Å². The van der Waals surface area contributed by atoms with Crippen LogP contribution in [0.4, 0.5) is 0 Å². The zero-order chi connectivity index (χ0) is 8.72. The van der Waals surface area contributed by atoms with E-state index >= 15 is 0 Å². The normalized spacial score (nSPS) is 10.9. The van der Waals surface area contributed by atoms with Crippen LogP contribution in [0.5, 0.6) is 0 Å². The van der Waals surface area contributed by atoms with Gasteiger partial charge in [0.15, 0.2) is 5.58 Å². The van der Waals surface area contributed by atoms with E-state index in [1.54, 1.807) is 0 Å².